The first-order valence-electron chi connectivity index (χ1n) is 7.22. The Labute approximate surface area is 135 Å². The summed E-state index contributed by atoms with van der Waals surface area (Å²) < 4.78 is 5.18. The number of carbonyl (C=O) groups excluding carboxylic acids is 1. The second kappa shape index (κ2) is 6.58. The number of benzene rings is 1. The van der Waals surface area contributed by atoms with Gasteiger partial charge in [-0.25, -0.2) is 4.79 Å². The second-order valence-electron chi connectivity index (χ2n) is 6.35. The average Bonchev–Trinajstić information content (AvgIpc) is 2.77. The number of rotatable bonds is 4. The predicted molar refractivity (Wildman–Crippen MR) is 89.2 cm³/mol. The highest BCUT2D eigenvalue weighted by Gasteiger charge is 2.17. The minimum absolute atomic E-state index is 0.192. The van der Waals surface area contributed by atoms with Crippen molar-refractivity contribution in [1.29, 1.82) is 0 Å². The molecule has 1 aromatic heterocycles. The van der Waals surface area contributed by atoms with Gasteiger partial charge in [0.05, 0.1) is 0 Å². The zero-order chi connectivity index (χ0) is 16.3. The number of nitrogens with two attached hydrogens (primary N) is 1. The molecule has 6 heteroatoms. The van der Waals surface area contributed by atoms with Gasteiger partial charge in [-0.3, -0.25) is 0 Å². The fourth-order valence-electron chi connectivity index (χ4n) is 2.21. The van der Waals surface area contributed by atoms with Gasteiger partial charge in [0.25, 0.3) is 0 Å². The third-order valence-corrected chi connectivity index (χ3v) is 3.35. The summed E-state index contributed by atoms with van der Waals surface area (Å²) in [5, 5.41) is 4.48. The predicted octanol–water partition coefficient (Wildman–Crippen LogP) is 3.22. The van der Waals surface area contributed by atoms with E-state index < -0.39 is 11.7 Å². The van der Waals surface area contributed by atoms with Gasteiger partial charge in [-0.1, -0.05) is 17.7 Å². The Kier molecular flexibility index (Phi) is 4.98. The molecule has 2 rings (SSSR count). The molecule has 0 bridgehead atoms. The van der Waals surface area contributed by atoms with Gasteiger partial charge in [0, 0.05) is 34.7 Å². The Balaban J connectivity index is 1.91. The van der Waals surface area contributed by atoms with Crippen LogP contribution >= 0.6 is 11.6 Å². The van der Waals surface area contributed by atoms with E-state index in [0.29, 0.717) is 18.0 Å². The number of ether oxygens (including phenoxy) is 1. The van der Waals surface area contributed by atoms with Crippen LogP contribution in [0.4, 0.5) is 4.79 Å². The van der Waals surface area contributed by atoms with Crippen LogP contribution in [-0.2, 0) is 11.2 Å². The largest absolute Gasteiger partial charge is 0.444 e. The Morgan fingerprint density at radius 2 is 2.18 bits per heavy atom. The van der Waals surface area contributed by atoms with E-state index in [2.05, 4.69) is 10.3 Å². The molecule has 1 unspecified atom stereocenters. The van der Waals surface area contributed by atoms with Crippen molar-refractivity contribution >= 4 is 28.6 Å². The zero-order valence-corrected chi connectivity index (χ0v) is 13.8. The standard InChI is InChI=1S/C16H22ClN3O2/c1-16(2,3)22-15(21)20-9-12(18)6-10-8-19-14-7-11(17)4-5-13(10)14/h4-5,7-8,12,19H,6,9,18H2,1-3H3,(H,20,21). The molecule has 0 aliphatic carbocycles. The van der Waals surface area contributed by atoms with Crippen molar-refractivity contribution in [2.24, 2.45) is 5.73 Å². The average molecular weight is 324 g/mol. The van der Waals surface area contributed by atoms with E-state index in [4.69, 9.17) is 22.1 Å². The molecule has 120 valence electrons. The van der Waals surface area contributed by atoms with E-state index in [1.54, 1.807) is 0 Å². The molecule has 5 nitrogen and oxygen atoms in total. The molecule has 0 radical (unpaired) electrons. The lowest BCUT2D eigenvalue weighted by atomic mass is 10.1. The summed E-state index contributed by atoms with van der Waals surface area (Å²) in [6.45, 7) is 5.83. The van der Waals surface area contributed by atoms with Crippen molar-refractivity contribution in [3.63, 3.8) is 0 Å². The van der Waals surface area contributed by atoms with E-state index in [9.17, 15) is 4.79 Å². The molecule has 0 aliphatic heterocycles. The first-order valence-corrected chi connectivity index (χ1v) is 7.60. The molecule has 0 fully saturated rings. The van der Waals surface area contributed by atoms with Crippen LogP contribution in [0, 0.1) is 0 Å². The van der Waals surface area contributed by atoms with Gasteiger partial charge in [0.2, 0.25) is 0 Å². The Morgan fingerprint density at radius 1 is 1.45 bits per heavy atom. The van der Waals surface area contributed by atoms with Crippen molar-refractivity contribution in [3.8, 4) is 0 Å². The van der Waals surface area contributed by atoms with Gasteiger partial charge in [-0.15, -0.1) is 0 Å². The fourth-order valence-corrected chi connectivity index (χ4v) is 2.38. The summed E-state index contributed by atoms with van der Waals surface area (Å²) in [5.74, 6) is 0. The van der Waals surface area contributed by atoms with E-state index in [0.717, 1.165) is 16.5 Å². The number of alkyl carbamates (subject to hydrolysis) is 1. The zero-order valence-electron chi connectivity index (χ0n) is 13.1. The van der Waals surface area contributed by atoms with Crippen molar-refractivity contribution < 1.29 is 9.53 Å². The first-order chi connectivity index (χ1) is 10.2. The second-order valence-corrected chi connectivity index (χ2v) is 6.79. The number of amides is 1. The first kappa shape index (κ1) is 16.6. The number of nitrogens with one attached hydrogen (secondary N) is 2. The van der Waals surface area contributed by atoms with Crippen molar-refractivity contribution in [2.45, 2.75) is 38.8 Å². The number of aromatic amines is 1. The molecule has 1 atom stereocenters. The van der Waals surface area contributed by atoms with Crippen LogP contribution in [-0.4, -0.2) is 29.3 Å². The quantitative estimate of drug-likeness (QED) is 0.808. The summed E-state index contributed by atoms with van der Waals surface area (Å²) in [7, 11) is 0. The number of hydrogen-bond donors (Lipinski definition) is 3. The maximum absolute atomic E-state index is 11.6. The number of hydrogen-bond acceptors (Lipinski definition) is 3. The number of fused-ring (bicyclic) bond motifs is 1. The summed E-state index contributed by atoms with van der Waals surface area (Å²) in [5.41, 5.74) is 7.66. The van der Waals surface area contributed by atoms with E-state index in [1.807, 2.05) is 45.2 Å². The van der Waals surface area contributed by atoms with E-state index in [1.165, 1.54) is 0 Å². The van der Waals surface area contributed by atoms with Crippen molar-refractivity contribution in [2.75, 3.05) is 6.54 Å². The fraction of sp³-hybridized carbons (Fsp3) is 0.438. The maximum atomic E-state index is 11.6. The van der Waals surface area contributed by atoms with E-state index >= 15 is 0 Å². The van der Waals surface area contributed by atoms with Gasteiger partial charge in [0.15, 0.2) is 0 Å². The number of carbonyl (C=O) groups is 1. The Bertz CT molecular complexity index is 661. The molecule has 0 aliphatic rings. The van der Waals surface area contributed by atoms with Crippen LogP contribution in [0.15, 0.2) is 24.4 Å². The monoisotopic (exact) mass is 323 g/mol. The normalized spacial score (nSPS) is 13.1. The number of halogens is 1. The van der Waals surface area contributed by atoms with Crippen molar-refractivity contribution in [3.05, 3.63) is 35.0 Å². The van der Waals surface area contributed by atoms with Crippen molar-refractivity contribution in [1.82, 2.24) is 10.3 Å². The summed E-state index contributed by atoms with van der Waals surface area (Å²) in [6.07, 6.45) is 2.12. The molecule has 1 aromatic carbocycles. The highest BCUT2D eigenvalue weighted by atomic mass is 35.5. The third kappa shape index (κ3) is 4.64. The van der Waals surface area contributed by atoms with Crippen LogP contribution in [0.3, 0.4) is 0 Å². The summed E-state index contributed by atoms with van der Waals surface area (Å²) in [6, 6.07) is 5.51. The molecule has 0 spiro atoms. The summed E-state index contributed by atoms with van der Waals surface area (Å²) in [4.78, 5) is 14.8. The Morgan fingerprint density at radius 3 is 2.86 bits per heavy atom. The number of aromatic nitrogens is 1. The topological polar surface area (TPSA) is 80.1 Å². The molecule has 1 heterocycles. The molecule has 1 amide bonds. The molecule has 2 aromatic rings. The Hall–Kier alpha value is -1.72. The number of H-pyrrole nitrogens is 1. The maximum Gasteiger partial charge on any atom is 0.407 e. The van der Waals surface area contributed by atoms with Crippen LogP contribution in [0.2, 0.25) is 5.02 Å². The van der Waals surface area contributed by atoms with E-state index in [-0.39, 0.29) is 6.04 Å². The van der Waals surface area contributed by atoms with Crippen LogP contribution in [0.5, 0.6) is 0 Å². The molecular formula is C16H22ClN3O2. The van der Waals surface area contributed by atoms with Crippen LogP contribution in [0.25, 0.3) is 10.9 Å². The smallest absolute Gasteiger partial charge is 0.407 e. The van der Waals surface area contributed by atoms with Gasteiger partial charge < -0.3 is 20.8 Å². The highest BCUT2D eigenvalue weighted by Crippen LogP contribution is 2.22. The lowest BCUT2D eigenvalue weighted by Crippen LogP contribution is -2.41. The third-order valence-electron chi connectivity index (χ3n) is 3.12. The van der Waals surface area contributed by atoms with Gasteiger partial charge in [-0.2, -0.15) is 0 Å². The lowest BCUT2D eigenvalue weighted by Gasteiger charge is -2.20. The lowest BCUT2D eigenvalue weighted by molar-refractivity contribution is 0.0524. The molecular weight excluding hydrogens is 302 g/mol. The highest BCUT2D eigenvalue weighted by molar-refractivity contribution is 6.31. The molecule has 0 saturated carbocycles. The van der Waals surface area contributed by atoms with Crippen LogP contribution < -0.4 is 11.1 Å². The molecule has 4 N–H and O–H groups in total. The minimum Gasteiger partial charge on any atom is -0.444 e. The van der Waals surface area contributed by atoms with Gasteiger partial charge in [-0.05, 0) is 44.9 Å². The molecule has 22 heavy (non-hydrogen) atoms. The van der Waals surface area contributed by atoms with Gasteiger partial charge in [0.1, 0.15) is 5.60 Å². The molecule has 0 saturated heterocycles. The van der Waals surface area contributed by atoms with Crippen LogP contribution in [0.1, 0.15) is 26.3 Å². The van der Waals surface area contributed by atoms with Gasteiger partial charge >= 0.3 is 6.09 Å². The SMILES string of the molecule is CC(C)(C)OC(=O)NCC(N)Cc1c[nH]c2cc(Cl)ccc12. The minimum atomic E-state index is -0.510. The summed E-state index contributed by atoms with van der Waals surface area (Å²) >= 11 is 5.96.